The Bertz CT molecular complexity index is 953. The fraction of sp³-hybridized carbons (Fsp3) is 0.176. The Labute approximate surface area is 150 Å². The molecule has 0 amide bonds. The van der Waals surface area contributed by atoms with Crippen LogP contribution in [-0.4, -0.2) is 31.8 Å². The molecule has 2 heterocycles. The third kappa shape index (κ3) is 4.34. The van der Waals surface area contributed by atoms with Gasteiger partial charge < -0.3 is 10.1 Å². The van der Waals surface area contributed by atoms with Crippen molar-refractivity contribution in [2.75, 3.05) is 18.7 Å². The molecule has 1 aromatic carbocycles. The Balaban J connectivity index is 1.88. The number of rotatable bonds is 6. The molecule has 25 heavy (non-hydrogen) atoms. The van der Waals surface area contributed by atoms with Crippen LogP contribution in [0.4, 0.5) is 5.95 Å². The van der Waals surface area contributed by atoms with Crippen LogP contribution in [0.1, 0.15) is 4.88 Å². The molecule has 0 radical (unpaired) electrons. The van der Waals surface area contributed by atoms with Gasteiger partial charge in [-0.05, 0) is 23.6 Å². The van der Waals surface area contributed by atoms with E-state index in [2.05, 4.69) is 15.3 Å². The van der Waals surface area contributed by atoms with Crippen LogP contribution >= 0.6 is 11.3 Å². The third-order valence-electron chi connectivity index (χ3n) is 3.49. The van der Waals surface area contributed by atoms with Crippen molar-refractivity contribution in [3.63, 3.8) is 0 Å². The van der Waals surface area contributed by atoms with Crippen LogP contribution in [0.15, 0.2) is 52.7 Å². The first-order chi connectivity index (χ1) is 12.0. The first-order valence-corrected chi connectivity index (χ1v) is 10.2. The van der Waals surface area contributed by atoms with E-state index in [1.54, 1.807) is 48.8 Å². The molecule has 2 aromatic heterocycles. The van der Waals surface area contributed by atoms with Gasteiger partial charge in [0.05, 0.1) is 24.2 Å². The number of hydrogen-bond donors (Lipinski definition) is 1. The smallest absolute Gasteiger partial charge is 0.226 e. The number of thiophene rings is 1. The van der Waals surface area contributed by atoms with E-state index in [4.69, 9.17) is 4.74 Å². The summed E-state index contributed by atoms with van der Waals surface area (Å²) in [5.74, 6) is 0.890. The zero-order chi connectivity index (χ0) is 17.9. The number of nitrogens with zero attached hydrogens (tertiary/aromatic N) is 2. The number of benzene rings is 1. The summed E-state index contributed by atoms with van der Waals surface area (Å²) in [5.41, 5.74) is 1.44. The van der Waals surface area contributed by atoms with Crippen LogP contribution in [0, 0.1) is 0 Å². The summed E-state index contributed by atoms with van der Waals surface area (Å²) >= 11 is 1.65. The summed E-state index contributed by atoms with van der Waals surface area (Å²) in [6.07, 6.45) is 1.18. The maximum absolute atomic E-state index is 11.6. The lowest BCUT2D eigenvalue weighted by atomic mass is 10.1. The van der Waals surface area contributed by atoms with Crippen LogP contribution < -0.4 is 10.1 Å². The van der Waals surface area contributed by atoms with E-state index in [0.717, 1.165) is 5.56 Å². The molecule has 0 aliphatic carbocycles. The van der Waals surface area contributed by atoms with Crippen molar-refractivity contribution in [2.24, 2.45) is 0 Å². The highest BCUT2D eigenvalue weighted by molar-refractivity contribution is 7.90. The number of methoxy groups -OCH3 is 1. The molecule has 3 aromatic rings. The number of nitrogens with one attached hydrogen (secondary N) is 1. The maximum atomic E-state index is 11.6. The molecule has 1 N–H and O–H groups in total. The SMILES string of the molecule is COc1cc(-c2ccc(S(C)(=O)=O)cc2)nc(NCc2cccs2)n1. The molecule has 3 rings (SSSR count). The van der Waals surface area contributed by atoms with E-state index in [-0.39, 0.29) is 4.90 Å². The largest absolute Gasteiger partial charge is 0.481 e. The van der Waals surface area contributed by atoms with Gasteiger partial charge in [-0.15, -0.1) is 11.3 Å². The molecule has 6 nitrogen and oxygen atoms in total. The van der Waals surface area contributed by atoms with Gasteiger partial charge in [-0.3, -0.25) is 0 Å². The van der Waals surface area contributed by atoms with E-state index >= 15 is 0 Å². The Kier molecular flexibility index (Phi) is 5.00. The minimum absolute atomic E-state index is 0.272. The molecule has 0 saturated carbocycles. The molecule has 0 spiro atoms. The maximum Gasteiger partial charge on any atom is 0.226 e. The summed E-state index contributed by atoms with van der Waals surface area (Å²) in [7, 11) is -1.68. The van der Waals surface area contributed by atoms with Crippen molar-refractivity contribution in [2.45, 2.75) is 11.4 Å². The Morgan fingerprint density at radius 3 is 2.52 bits per heavy atom. The molecule has 8 heteroatoms. The lowest BCUT2D eigenvalue weighted by molar-refractivity contribution is 0.398. The zero-order valence-corrected chi connectivity index (χ0v) is 15.4. The molecule has 0 bridgehead atoms. The molecule has 0 fully saturated rings. The highest BCUT2D eigenvalue weighted by Crippen LogP contribution is 2.24. The van der Waals surface area contributed by atoms with E-state index in [1.165, 1.54) is 11.1 Å². The van der Waals surface area contributed by atoms with Crippen molar-refractivity contribution in [1.82, 2.24) is 9.97 Å². The minimum Gasteiger partial charge on any atom is -0.481 e. The molecular formula is C17H17N3O3S2. The molecule has 0 saturated heterocycles. The summed E-state index contributed by atoms with van der Waals surface area (Å²) in [6, 6.07) is 12.3. The van der Waals surface area contributed by atoms with E-state index in [0.29, 0.717) is 24.1 Å². The Morgan fingerprint density at radius 2 is 1.92 bits per heavy atom. The van der Waals surface area contributed by atoms with E-state index in [1.807, 2.05) is 17.5 Å². The number of sulfone groups is 1. The number of anilines is 1. The average molecular weight is 375 g/mol. The second kappa shape index (κ2) is 7.20. The highest BCUT2D eigenvalue weighted by atomic mass is 32.2. The number of ether oxygens (including phenoxy) is 1. The van der Waals surface area contributed by atoms with Gasteiger partial charge in [0.2, 0.25) is 11.8 Å². The molecule has 0 unspecified atom stereocenters. The summed E-state index contributed by atoms with van der Waals surface area (Å²) in [5, 5.41) is 5.19. The Morgan fingerprint density at radius 1 is 1.16 bits per heavy atom. The summed E-state index contributed by atoms with van der Waals surface area (Å²) in [4.78, 5) is 10.2. The fourth-order valence-electron chi connectivity index (χ4n) is 2.21. The van der Waals surface area contributed by atoms with Crippen LogP contribution in [-0.2, 0) is 16.4 Å². The number of aromatic nitrogens is 2. The lowest BCUT2D eigenvalue weighted by Gasteiger charge is -2.09. The molecule has 130 valence electrons. The van der Waals surface area contributed by atoms with E-state index < -0.39 is 9.84 Å². The van der Waals surface area contributed by atoms with Crippen molar-refractivity contribution in [1.29, 1.82) is 0 Å². The van der Waals surface area contributed by atoms with Crippen LogP contribution in [0.3, 0.4) is 0 Å². The highest BCUT2D eigenvalue weighted by Gasteiger charge is 2.10. The van der Waals surface area contributed by atoms with Gasteiger partial charge in [0.15, 0.2) is 9.84 Å². The quantitative estimate of drug-likeness (QED) is 0.712. The predicted molar refractivity (Wildman–Crippen MR) is 98.8 cm³/mol. The van der Waals surface area contributed by atoms with Gasteiger partial charge in [-0.1, -0.05) is 18.2 Å². The number of hydrogen-bond acceptors (Lipinski definition) is 7. The van der Waals surface area contributed by atoms with Gasteiger partial charge in [-0.2, -0.15) is 4.98 Å². The summed E-state index contributed by atoms with van der Waals surface area (Å²) in [6.45, 7) is 0.622. The molecular weight excluding hydrogens is 358 g/mol. The van der Waals surface area contributed by atoms with Crippen molar-refractivity contribution < 1.29 is 13.2 Å². The van der Waals surface area contributed by atoms with Gasteiger partial charge in [-0.25, -0.2) is 13.4 Å². The van der Waals surface area contributed by atoms with Crippen molar-refractivity contribution in [3.05, 3.63) is 52.7 Å². The second-order valence-electron chi connectivity index (χ2n) is 5.35. The average Bonchev–Trinajstić information content (AvgIpc) is 3.12. The predicted octanol–water partition coefficient (Wildman–Crippen LogP) is 3.23. The second-order valence-corrected chi connectivity index (χ2v) is 8.40. The third-order valence-corrected chi connectivity index (χ3v) is 5.50. The van der Waals surface area contributed by atoms with Crippen LogP contribution in [0.25, 0.3) is 11.3 Å². The summed E-state index contributed by atoms with van der Waals surface area (Å²) < 4.78 is 28.4. The van der Waals surface area contributed by atoms with Gasteiger partial charge in [0.1, 0.15) is 0 Å². The Hall–Kier alpha value is -2.45. The topological polar surface area (TPSA) is 81.2 Å². The van der Waals surface area contributed by atoms with E-state index in [9.17, 15) is 8.42 Å². The van der Waals surface area contributed by atoms with Gasteiger partial charge in [0.25, 0.3) is 0 Å². The van der Waals surface area contributed by atoms with Gasteiger partial charge in [0, 0.05) is 22.8 Å². The monoisotopic (exact) mass is 375 g/mol. The first kappa shape index (κ1) is 17.4. The van der Waals surface area contributed by atoms with Crippen molar-refractivity contribution >= 4 is 27.1 Å². The van der Waals surface area contributed by atoms with Crippen LogP contribution in [0.5, 0.6) is 5.88 Å². The molecule has 0 aliphatic heterocycles. The minimum atomic E-state index is -3.23. The lowest BCUT2D eigenvalue weighted by Crippen LogP contribution is -2.04. The first-order valence-electron chi connectivity index (χ1n) is 7.45. The van der Waals surface area contributed by atoms with Crippen molar-refractivity contribution in [3.8, 4) is 17.1 Å². The fourth-order valence-corrected chi connectivity index (χ4v) is 3.48. The van der Waals surface area contributed by atoms with Crippen LogP contribution in [0.2, 0.25) is 0 Å². The normalized spacial score (nSPS) is 11.3. The zero-order valence-electron chi connectivity index (χ0n) is 13.8. The standard InChI is InChI=1S/C17H17N3O3S2/c1-23-16-10-15(12-5-7-14(8-6-12)25(2,21)22)19-17(20-16)18-11-13-4-3-9-24-13/h3-10H,11H2,1-2H3,(H,18,19,20). The molecule has 0 atom stereocenters. The van der Waals surface area contributed by atoms with Gasteiger partial charge >= 0.3 is 0 Å². The molecule has 0 aliphatic rings.